The molecule has 3 aliphatic carbocycles. The highest BCUT2D eigenvalue weighted by Crippen LogP contribution is 2.62. The molecule has 7 atom stereocenters. The number of carbonyl (C=O) groups is 2. The quantitative estimate of drug-likeness (QED) is 0.0598. The van der Waals surface area contributed by atoms with Crippen LogP contribution in [0, 0.1) is 23.7 Å². The summed E-state index contributed by atoms with van der Waals surface area (Å²) in [6.45, 7) is 8.02. The van der Waals surface area contributed by atoms with Crippen molar-refractivity contribution in [3.05, 3.63) is 84.0 Å². The van der Waals surface area contributed by atoms with Gasteiger partial charge < -0.3 is 44.2 Å². The Morgan fingerprint density at radius 3 is 2.49 bits per heavy atom. The largest absolute Gasteiger partial charge is 0.459 e. The molecule has 0 spiro atoms. The van der Waals surface area contributed by atoms with Gasteiger partial charge in [0.1, 0.15) is 17.5 Å². The lowest BCUT2D eigenvalue weighted by molar-refractivity contribution is -0.257. The number of carbonyl (C=O) groups excluding carboxylic acids is 2. The number of oxime groups is 1. The van der Waals surface area contributed by atoms with Gasteiger partial charge in [0.2, 0.25) is 18.0 Å². The monoisotopic (exact) mass is 870 g/mol. The topological polar surface area (TPSA) is 148 Å². The van der Waals surface area contributed by atoms with Crippen LogP contribution in [0.4, 0.5) is 4.79 Å². The van der Waals surface area contributed by atoms with E-state index < -0.39 is 30.1 Å². The predicted molar refractivity (Wildman–Crippen MR) is 242 cm³/mol. The van der Waals surface area contributed by atoms with Crippen molar-refractivity contribution in [1.29, 1.82) is 0 Å². The van der Waals surface area contributed by atoms with E-state index in [9.17, 15) is 19.8 Å². The van der Waals surface area contributed by atoms with Crippen LogP contribution in [0.2, 0.25) is 0 Å². The molecule has 2 aromatic rings. The van der Waals surface area contributed by atoms with E-state index in [0.717, 1.165) is 80.2 Å². The van der Waals surface area contributed by atoms with Crippen LogP contribution in [-0.4, -0.2) is 83.9 Å². The first kappa shape index (κ1) is 46.8. The van der Waals surface area contributed by atoms with Gasteiger partial charge in [0, 0.05) is 57.0 Å². The molecule has 12 nitrogen and oxygen atoms in total. The Kier molecular flexibility index (Phi) is 17.1. The number of ether oxygens (including phenoxy) is 4. The number of nitrogens with one attached hydrogen (secondary N) is 1. The smallest absolute Gasteiger partial charge is 0.412 e. The van der Waals surface area contributed by atoms with Crippen LogP contribution in [0.25, 0.3) is 0 Å². The van der Waals surface area contributed by atoms with Gasteiger partial charge in [0.05, 0.1) is 24.8 Å². The molecule has 12 heteroatoms. The van der Waals surface area contributed by atoms with Gasteiger partial charge >= 0.3 is 6.09 Å². The lowest BCUT2D eigenvalue weighted by Gasteiger charge is -2.60. The Morgan fingerprint density at radius 1 is 0.984 bits per heavy atom. The van der Waals surface area contributed by atoms with E-state index in [2.05, 4.69) is 24.9 Å². The Morgan fingerprint density at radius 2 is 1.76 bits per heavy atom. The number of fused-ring (bicyclic) bond motifs is 2. The van der Waals surface area contributed by atoms with Crippen LogP contribution in [0.5, 0.6) is 11.5 Å². The zero-order valence-corrected chi connectivity index (χ0v) is 37.4. The lowest BCUT2D eigenvalue weighted by atomic mass is 9.55. The summed E-state index contributed by atoms with van der Waals surface area (Å²) in [5.41, 5.74) is 3.58. The van der Waals surface area contributed by atoms with Gasteiger partial charge in [-0.25, -0.2) is 4.79 Å². The van der Waals surface area contributed by atoms with Gasteiger partial charge in [-0.15, -0.1) is 6.58 Å². The molecule has 3 N–H and O–H groups in total. The van der Waals surface area contributed by atoms with Crippen molar-refractivity contribution < 1.29 is 43.6 Å². The van der Waals surface area contributed by atoms with Crippen molar-refractivity contribution in [3.63, 3.8) is 0 Å². The zero-order valence-electron chi connectivity index (χ0n) is 37.4. The van der Waals surface area contributed by atoms with E-state index >= 15 is 0 Å². The highest BCUT2D eigenvalue weighted by molar-refractivity contribution is 6.03. The van der Waals surface area contributed by atoms with Gasteiger partial charge in [0.15, 0.2) is 0 Å². The second-order valence-corrected chi connectivity index (χ2v) is 18.2. The zero-order chi connectivity index (χ0) is 44.0. The van der Waals surface area contributed by atoms with E-state index in [1.165, 1.54) is 25.7 Å². The van der Waals surface area contributed by atoms with E-state index in [1.54, 1.807) is 12.1 Å². The van der Waals surface area contributed by atoms with E-state index in [0.29, 0.717) is 62.8 Å². The summed E-state index contributed by atoms with van der Waals surface area (Å²) in [6, 6.07) is 14.7. The number of unbranched alkanes of at least 4 members (excludes halogenated alkanes) is 2. The minimum absolute atomic E-state index is 0.0424. The van der Waals surface area contributed by atoms with Crippen molar-refractivity contribution in [2.45, 2.75) is 147 Å². The summed E-state index contributed by atoms with van der Waals surface area (Å²) in [5, 5.41) is 27.8. The molecule has 63 heavy (non-hydrogen) atoms. The highest BCUT2D eigenvalue weighted by Gasteiger charge is 2.65. The molecule has 3 fully saturated rings. The van der Waals surface area contributed by atoms with Crippen molar-refractivity contribution >= 4 is 17.7 Å². The third-order valence-corrected chi connectivity index (χ3v) is 14.0. The fourth-order valence-corrected chi connectivity index (χ4v) is 11.0. The number of benzene rings is 2. The van der Waals surface area contributed by atoms with Gasteiger partial charge in [0.25, 0.3) is 0 Å². The number of rotatable bonds is 22. The fourth-order valence-electron chi connectivity index (χ4n) is 11.0. The molecule has 0 bridgehead atoms. The molecule has 2 heterocycles. The molecule has 344 valence electrons. The summed E-state index contributed by atoms with van der Waals surface area (Å²) in [7, 11) is 0. The Labute approximate surface area is 374 Å². The molecule has 2 amide bonds. The molecule has 5 aliphatic rings. The van der Waals surface area contributed by atoms with Gasteiger partial charge in [-0.05, 0) is 98.5 Å². The molecular weight excluding hydrogens is 799 g/mol. The number of nitrogens with zero attached hydrogens (tertiary/aromatic N) is 2. The predicted octanol–water partition coefficient (Wildman–Crippen LogP) is 9.34. The number of amides is 2. The molecule has 0 radical (unpaired) electrons. The highest BCUT2D eigenvalue weighted by atomic mass is 16.8. The number of hydrogen-bond acceptors (Lipinski definition) is 10. The number of aliphatic hydroxyl groups excluding tert-OH is 2. The van der Waals surface area contributed by atoms with Gasteiger partial charge in [-0.2, -0.15) is 0 Å². The summed E-state index contributed by atoms with van der Waals surface area (Å²) in [6.07, 6.45) is 17.6. The Hall–Kier alpha value is -4.23. The van der Waals surface area contributed by atoms with Crippen molar-refractivity contribution in [1.82, 2.24) is 10.2 Å². The van der Waals surface area contributed by atoms with Gasteiger partial charge in [-0.3, -0.25) is 4.79 Å². The number of allylic oxidation sites excluding steroid dienone is 1. The Balaban J connectivity index is 1.36. The minimum Gasteiger partial charge on any atom is -0.459 e. The van der Waals surface area contributed by atoms with E-state index in [4.69, 9.17) is 28.9 Å². The van der Waals surface area contributed by atoms with Crippen LogP contribution in [-0.2, 0) is 25.7 Å². The van der Waals surface area contributed by atoms with E-state index in [-0.39, 0.29) is 43.5 Å². The summed E-state index contributed by atoms with van der Waals surface area (Å²) in [4.78, 5) is 36.4. The molecule has 2 aliphatic heterocycles. The molecule has 1 saturated heterocycles. The first-order valence-electron chi connectivity index (χ1n) is 24.0. The second-order valence-electron chi connectivity index (χ2n) is 18.2. The van der Waals surface area contributed by atoms with Crippen LogP contribution >= 0.6 is 0 Å². The summed E-state index contributed by atoms with van der Waals surface area (Å²) < 4.78 is 26.5. The van der Waals surface area contributed by atoms with Crippen molar-refractivity contribution in [2.24, 2.45) is 28.8 Å². The molecule has 2 saturated carbocycles. The first-order chi connectivity index (χ1) is 30.9. The SMILES string of the molecule is C=CCOC12Oc3ccc(OC(=O)NCc4ccccc4)cc3C3C(CCCCO)C(CCCCO)C=C(C(=NOC4CCCCO4)CC1N(CCC)C(=O)CCC1CCCC1)C32. The van der Waals surface area contributed by atoms with Crippen molar-refractivity contribution in [2.75, 3.05) is 33.0 Å². The van der Waals surface area contributed by atoms with Crippen LogP contribution in [0.3, 0.4) is 0 Å². The standard InChI is InChI=1S/C51H71N3O9/c1-3-27-54(46(57)26-23-36-16-8-9-17-36)45-34-43(53-63-47-22-12-15-31-59-47)41-32-38(20-10-13-28-55)40(21-11-14-29-56)48-42-33-39(61-50(58)52-35-37-18-6-5-7-19-37)24-25-44(42)62-51(45,49(41)48)60-30-4-2/h4-7,18-19,24-25,32-33,36,38,40,45,47-49,55-56H,2-3,8-17,20-23,26-31,34-35H2,1H3,(H,52,58). The number of aliphatic hydroxyl groups is 2. The lowest BCUT2D eigenvalue weighted by Crippen LogP contribution is -2.70. The third-order valence-electron chi connectivity index (χ3n) is 14.0. The number of hydrogen-bond donors (Lipinski definition) is 3. The van der Waals surface area contributed by atoms with Crippen LogP contribution < -0.4 is 14.8 Å². The molecule has 2 aromatic carbocycles. The first-order valence-corrected chi connectivity index (χ1v) is 24.0. The maximum atomic E-state index is 14.8. The van der Waals surface area contributed by atoms with Crippen LogP contribution in [0.1, 0.15) is 133 Å². The molecule has 7 unspecified atom stereocenters. The third kappa shape index (κ3) is 11.4. The Bertz CT molecular complexity index is 1860. The minimum atomic E-state index is -1.34. The fraction of sp³-hybridized carbons (Fsp3) is 0.627. The van der Waals surface area contributed by atoms with Gasteiger partial charge in [-0.1, -0.05) is 93.1 Å². The summed E-state index contributed by atoms with van der Waals surface area (Å²) in [5.74, 6) is -0.250. The maximum Gasteiger partial charge on any atom is 0.412 e. The van der Waals surface area contributed by atoms with Crippen molar-refractivity contribution in [3.8, 4) is 11.5 Å². The molecular formula is C51H71N3O9. The average Bonchev–Trinajstić information content (AvgIpc) is 3.84. The second kappa shape index (κ2) is 23.1. The molecule has 7 rings (SSSR count). The summed E-state index contributed by atoms with van der Waals surface area (Å²) >= 11 is 0. The maximum absolute atomic E-state index is 14.8. The van der Waals surface area contributed by atoms with Crippen LogP contribution in [0.15, 0.2) is 78.0 Å². The molecule has 0 aromatic heterocycles. The normalized spacial score (nSPS) is 27.1. The van der Waals surface area contributed by atoms with E-state index in [1.807, 2.05) is 47.4 Å². The average molecular weight is 870 g/mol.